The van der Waals surface area contributed by atoms with E-state index in [1.165, 1.54) is 6.92 Å². The van der Waals surface area contributed by atoms with Gasteiger partial charge in [-0.25, -0.2) is 0 Å². The first kappa shape index (κ1) is 20.2. The van der Waals surface area contributed by atoms with Crippen LogP contribution >= 0.6 is 0 Å². The van der Waals surface area contributed by atoms with Crippen molar-refractivity contribution in [1.29, 1.82) is 0 Å². The maximum atomic E-state index is 12.4. The number of nitrogens with one attached hydrogen (secondary N) is 3. The molecule has 0 aliphatic heterocycles. The molecule has 2 aromatic carbocycles. The van der Waals surface area contributed by atoms with Crippen molar-refractivity contribution in [2.45, 2.75) is 32.7 Å². The van der Waals surface area contributed by atoms with Crippen molar-refractivity contribution in [2.75, 3.05) is 11.9 Å². The molecule has 142 valence electrons. The third-order valence-corrected chi connectivity index (χ3v) is 3.94. The minimum atomic E-state index is -0.400. The normalized spacial score (nSPS) is 11.3. The summed E-state index contributed by atoms with van der Waals surface area (Å²) in [6.45, 7) is 4.04. The predicted molar refractivity (Wildman–Crippen MR) is 105 cm³/mol. The highest BCUT2D eigenvalue weighted by Crippen LogP contribution is 2.18. The van der Waals surface area contributed by atoms with Crippen LogP contribution < -0.4 is 16.0 Å². The van der Waals surface area contributed by atoms with Gasteiger partial charge in [-0.1, -0.05) is 37.3 Å². The first-order valence-electron chi connectivity index (χ1n) is 8.99. The van der Waals surface area contributed by atoms with Gasteiger partial charge in [0.05, 0.1) is 12.5 Å². The molecule has 0 saturated carbocycles. The van der Waals surface area contributed by atoms with Crippen LogP contribution in [0.2, 0.25) is 0 Å². The summed E-state index contributed by atoms with van der Waals surface area (Å²) in [5, 5.41) is 8.41. The fourth-order valence-corrected chi connectivity index (χ4v) is 2.63. The molecule has 6 nitrogen and oxygen atoms in total. The second-order valence-corrected chi connectivity index (χ2v) is 6.25. The number of rotatable bonds is 8. The molecule has 1 atom stereocenters. The molecule has 2 aromatic rings. The molecule has 0 aliphatic carbocycles. The standard InChI is InChI=1S/C21H25N3O3/c1-3-13-22-21(27)17-9-11-18(12-10-17)24-20(26)14-19(23-15(2)25)16-7-5-4-6-8-16/h4-12,19H,3,13-14H2,1-2H3,(H,22,27)(H,23,25)(H,24,26). The molecule has 0 radical (unpaired) electrons. The van der Waals surface area contributed by atoms with Crippen LogP contribution in [0.5, 0.6) is 0 Å². The van der Waals surface area contributed by atoms with Crippen LogP contribution in [0.3, 0.4) is 0 Å². The van der Waals surface area contributed by atoms with Crippen molar-refractivity contribution in [2.24, 2.45) is 0 Å². The molecule has 27 heavy (non-hydrogen) atoms. The molecule has 0 spiro atoms. The zero-order valence-corrected chi connectivity index (χ0v) is 15.6. The Kier molecular flexibility index (Phi) is 7.55. The summed E-state index contributed by atoms with van der Waals surface area (Å²) in [5.41, 5.74) is 2.01. The van der Waals surface area contributed by atoms with E-state index in [0.717, 1.165) is 12.0 Å². The van der Waals surface area contributed by atoms with E-state index in [1.54, 1.807) is 24.3 Å². The van der Waals surface area contributed by atoms with Gasteiger partial charge in [0.1, 0.15) is 0 Å². The lowest BCUT2D eigenvalue weighted by molar-refractivity contribution is -0.120. The summed E-state index contributed by atoms with van der Waals surface area (Å²) in [5.74, 6) is -0.551. The third kappa shape index (κ3) is 6.58. The molecule has 6 heteroatoms. The number of carbonyl (C=O) groups is 3. The minimum Gasteiger partial charge on any atom is -0.352 e. The quantitative estimate of drug-likeness (QED) is 0.670. The molecule has 3 N–H and O–H groups in total. The summed E-state index contributed by atoms with van der Waals surface area (Å²) < 4.78 is 0. The van der Waals surface area contributed by atoms with E-state index in [0.29, 0.717) is 17.8 Å². The largest absolute Gasteiger partial charge is 0.352 e. The van der Waals surface area contributed by atoms with Gasteiger partial charge in [-0.05, 0) is 36.2 Å². The molecule has 0 heterocycles. The van der Waals surface area contributed by atoms with Crippen molar-refractivity contribution in [3.05, 3.63) is 65.7 Å². The van der Waals surface area contributed by atoms with Crippen molar-refractivity contribution >= 4 is 23.4 Å². The van der Waals surface area contributed by atoms with Crippen LogP contribution in [0.15, 0.2) is 54.6 Å². The van der Waals surface area contributed by atoms with Crippen molar-refractivity contribution in [3.8, 4) is 0 Å². The maximum absolute atomic E-state index is 12.4. The van der Waals surface area contributed by atoms with E-state index in [9.17, 15) is 14.4 Å². The van der Waals surface area contributed by atoms with Crippen molar-refractivity contribution < 1.29 is 14.4 Å². The topological polar surface area (TPSA) is 87.3 Å². The van der Waals surface area contributed by atoms with Gasteiger partial charge in [-0.3, -0.25) is 14.4 Å². The predicted octanol–water partition coefficient (Wildman–Crippen LogP) is 3.03. The molecule has 0 bridgehead atoms. The maximum Gasteiger partial charge on any atom is 0.251 e. The first-order valence-corrected chi connectivity index (χ1v) is 8.99. The Bertz CT molecular complexity index is 773. The summed E-state index contributed by atoms with van der Waals surface area (Å²) in [7, 11) is 0. The van der Waals surface area contributed by atoms with Gasteiger partial charge in [-0.15, -0.1) is 0 Å². The fraction of sp³-hybridized carbons (Fsp3) is 0.286. The van der Waals surface area contributed by atoms with Crippen LogP contribution in [0.4, 0.5) is 5.69 Å². The molecule has 2 rings (SSSR count). The molecular weight excluding hydrogens is 342 g/mol. The first-order chi connectivity index (χ1) is 13.0. The van der Waals surface area contributed by atoms with Crippen LogP contribution in [-0.4, -0.2) is 24.3 Å². The van der Waals surface area contributed by atoms with Gasteiger partial charge in [0.25, 0.3) is 5.91 Å². The van der Waals surface area contributed by atoms with Gasteiger partial charge in [-0.2, -0.15) is 0 Å². The summed E-state index contributed by atoms with van der Waals surface area (Å²) in [4.78, 5) is 35.8. The molecule has 0 aromatic heterocycles. The van der Waals surface area contributed by atoms with Gasteiger partial charge in [0, 0.05) is 24.7 Å². The smallest absolute Gasteiger partial charge is 0.251 e. The van der Waals surface area contributed by atoms with E-state index >= 15 is 0 Å². The molecule has 0 saturated heterocycles. The Hall–Kier alpha value is -3.15. The molecule has 0 aliphatic rings. The van der Waals surface area contributed by atoms with E-state index < -0.39 is 6.04 Å². The number of hydrogen-bond acceptors (Lipinski definition) is 3. The van der Waals surface area contributed by atoms with E-state index in [2.05, 4.69) is 16.0 Å². The lowest BCUT2D eigenvalue weighted by Crippen LogP contribution is -2.29. The Balaban J connectivity index is 1.98. The minimum absolute atomic E-state index is 0.113. The van der Waals surface area contributed by atoms with E-state index in [1.807, 2.05) is 37.3 Å². The van der Waals surface area contributed by atoms with Crippen molar-refractivity contribution in [1.82, 2.24) is 10.6 Å². The number of hydrogen-bond donors (Lipinski definition) is 3. The fourth-order valence-electron chi connectivity index (χ4n) is 2.63. The number of carbonyl (C=O) groups excluding carboxylic acids is 3. The van der Waals surface area contributed by atoms with E-state index in [4.69, 9.17) is 0 Å². The van der Waals surface area contributed by atoms with Crippen LogP contribution in [-0.2, 0) is 9.59 Å². The van der Waals surface area contributed by atoms with Crippen LogP contribution in [0, 0.1) is 0 Å². The van der Waals surface area contributed by atoms with Crippen molar-refractivity contribution in [3.63, 3.8) is 0 Å². The van der Waals surface area contributed by atoms with E-state index in [-0.39, 0.29) is 24.1 Å². The average molecular weight is 367 g/mol. The third-order valence-electron chi connectivity index (χ3n) is 3.94. The highest BCUT2D eigenvalue weighted by Gasteiger charge is 2.17. The second-order valence-electron chi connectivity index (χ2n) is 6.25. The molecular formula is C21H25N3O3. The Morgan fingerprint density at radius 3 is 2.22 bits per heavy atom. The summed E-state index contributed by atoms with van der Waals surface area (Å²) in [6.07, 6.45) is 0.985. The Morgan fingerprint density at radius 1 is 0.963 bits per heavy atom. The number of benzene rings is 2. The lowest BCUT2D eigenvalue weighted by atomic mass is 10.0. The van der Waals surface area contributed by atoms with Gasteiger partial charge in [0.2, 0.25) is 11.8 Å². The van der Waals surface area contributed by atoms with Gasteiger partial charge < -0.3 is 16.0 Å². The van der Waals surface area contributed by atoms with Crippen LogP contribution in [0.25, 0.3) is 0 Å². The highest BCUT2D eigenvalue weighted by atomic mass is 16.2. The molecule has 1 unspecified atom stereocenters. The summed E-state index contributed by atoms with van der Waals surface area (Å²) >= 11 is 0. The molecule has 3 amide bonds. The molecule has 0 fully saturated rings. The zero-order valence-electron chi connectivity index (χ0n) is 15.6. The average Bonchev–Trinajstić information content (AvgIpc) is 2.66. The summed E-state index contributed by atoms with van der Waals surface area (Å²) in [6, 6.07) is 15.7. The Morgan fingerprint density at radius 2 is 1.63 bits per heavy atom. The van der Waals surface area contributed by atoms with Crippen LogP contribution in [0.1, 0.15) is 48.7 Å². The Labute approximate surface area is 159 Å². The number of anilines is 1. The lowest BCUT2D eigenvalue weighted by Gasteiger charge is -2.18. The monoisotopic (exact) mass is 367 g/mol. The SMILES string of the molecule is CCCNC(=O)c1ccc(NC(=O)CC(NC(C)=O)c2ccccc2)cc1. The van der Waals surface area contributed by atoms with Gasteiger partial charge in [0.15, 0.2) is 0 Å². The zero-order chi connectivity index (χ0) is 19.6. The van der Waals surface area contributed by atoms with Gasteiger partial charge >= 0.3 is 0 Å². The highest BCUT2D eigenvalue weighted by molar-refractivity contribution is 5.96. The number of amides is 3. The second kappa shape index (κ2) is 10.1.